The summed E-state index contributed by atoms with van der Waals surface area (Å²) in [5.74, 6) is 0.984. The zero-order chi connectivity index (χ0) is 12.8. The third-order valence-corrected chi connectivity index (χ3v) is 3.23. The highest BCUT2D eigenvalue weighted by Crippen LogP contribution is 2.23. The van der Waals surface area contributed by atoms with Gasteiger partial charge in [-0.25, -0.2) is 0 Å². The van der Waals surface area contributed by atoms with Crippen molar-refractivity contribution in [3.8, 4) is 5.75 Å². The predicted octanol–water partition coefficient (Wildman–Crippen LogP) is 3.63. The maximum absolute atomic E-state index is 5.66. The van der Waals surface area contributed by atoms with E-state index in [0.29, 0.717) is 6.61 Å². The summed E-state index contributed by atoms with van der Waals surface area (Å²) in [4.78, 5) is 0. The van der Waals surface area contributed by atoms with Gasteiger partial charge in [-0.2, -0.15) is 0 Å². The molecule has 0 saturated heterocycles. The van der Waals surface area contributed by atoms with Crippen molar-refractivity contribution in [2.45, 2.75) is 39.2 Å². The highest BCUT2D eigenvalue weighted by molar-refractivity contribution is 5.60. The molecule has 98 valence electrons. The lowest BCUT2D eigenvalue weighted by molar-refractivity contribution is 0.339. The van der Waals surface area contributed by atoms with Gasteiger partial charge in [0.15, 0.2) is 0 Å². The van der Waals surface area contributed by atoms with Crippen LogP contribution in [0.1, 0.15) is 38.7 Å². The smallest absolute Gasteiger partial charge is 0.126 e. The molecule has 2 nitrogen and oxygen atoms in total. The van der Waals surface area contributed by atoms with Crippen LogP contribution < -0.4 is 10.1 Å². The molecule has 1 saturated carbocycles. The highest BCUT2D eigenvalue weighted by atomic mass is 16.5. The Kier molecular flexibility index (Phi) is 4.82. The molecule has 0 unspecified atom stereocenters. The molecule has 2 rings (SSSR count). The van der Waals surface area contributed by atoms with Gasteiger partial charge in [0.2, 0.25) is 0 Å². The van der Waals surface area contributed by atoms with Crippen LogP contribution >= 0.6 is 0 Å². The molecule has 0 atom stereocenters. The van der Waals surface area contributed by atoms with Crippen LogP contribution in [0.5, 0.6) is 5.75 Å². The summed E-state index contributed by atoms with van der Waals surface area (Å²) in [5.41, 5.74) is 2.63. The first kappa shape index (κ1) is 13.2. The molecule has 0 spiro atoms. The second-order valence-corrected chi connectivity index (χ2v) is 4.78. The fourth-order valence-corrected chi connectivity index (χ4v) is 1.95. The quantitative estimate of drug-likeness (QED) is 0.792. The number of rotatable bonds is 7. The van der Waals surface area contributed by atoms with Gasteiger partial charge in [0.05, 0.1) is 6.61 Å². The van der Waals surface area contributed by atoms with Gasteiger partial charge in [-0.15, -0.1) is 0 Å². The molecule has 1 aliphatic rings. The lowest BCUT2D eigenvalue weighted by Crippen LogP contribution is -2.18. The number of nitrogens with one attached hydrogen (secondary N) is 1. The molecule has 1 N–H and O–H groups in total. The van der Waals surface area contributed by atoms with Crippen molar-refractivity contribution in [2.75, 3.05) is 13.2 Å². The summed E-state index contributed by atoms with van der Waals surface area (Å²) in [7, 11) is 0. The van der Waals surface area contributed by atoms with Gasteiger partial charge < -0.3 is 10.1 Å². The summed E-state index contributed by atoms with van der Waals surface area (Å²) in [6.07, 6.45) is 6.03. The second-order valence-electron chi connectivity index (χ2n) is 4.78. The maximum Gasteiger partial charge on any atom is 0.126 e. The van der Waals surface area contributed by atoms with Crippen LogP contribution in [0.4, 0.5) is 0 Å². The van der Waals surface area contributed by atoms with Crippen molar-refractivity contribution in [1.82, 2.24) is 5.32 Å². The van der Waals surface area contributed by atoms with E-state index < -0.39 is 0 Å². The van der Waals surface area contributed by atoms with Crippen LogP contribution in [0.15, 0.2) is 29.8 Å². The third kappa shape index (κ3) is 3.88. The molecular weight excluding hydrogens is 222 g/mol. The summed E-state index contributed by atoms with van der Waals surface area (Å²) < 4.78 is 5.66. The van der Waals surface area contributed by atoms with E-state index in [1.54, 1.807) is 0 Å². The molecule has 0 aromatic heterocycles. The Labute approximate surface area is 110 Å². The number of benzene rings is 1. The van der Waals surface area contributed by atoms with E-state index in [1.807, 2.05) is 19.1 Å². The normalized spacial score (nSPS) is 15.8. The first-order chi connectivity index (χ1) is 8.83. The van der Waals surface area contributed by atoms with Crippen molar-refractivity contribution in [3.05, 3.63) is 35.4 Å². The topological polar surface area (TPSA) is 21.3 Å². The Morgan fingerprint density at radius 3 is 2.78 bits per heavy atom. The second kappa shape index (κ2) is 6.60. The molecule has 0 amide bonds. The van der Waals surface area contributed by atoms with Gasteiger partial charge >= 0.3 is 0 Å². The third-order valence-electron chi connectivity index (χ3n) is 3.23. The zero-order valence-corrected chi connectivity index (χ0v) is 11.4. The Balaban J connectivity index is 2.06. The number of hydrogen-bond donors (Lipinski definition) is 1. The van der Waals surface area contributed by atoms with E-state index in [9.17, 15) is 0 Å². The van der Waals surface area contributed by atoms with Gasteiger partial charge in [-0.05, 0) is 32.3 Å². The minimum atomic E-state index is 0.715. The number of hydrogen-bond acceptors (Lipinski definition) is 2. The van der Waals surface area contributed by atoms with Crippen molar-refractivity contribution in [1.29, 1.82) is 0 Å². The van der Waals surface area contributed by atoms with E-state index in [-0.39, 0.29) is 0 Å². The van der Waals surface area contributed by atoms with Gasteiger partial charge in [-0.1, -0.05) is 36.8 Å². The molecule has 0 aliphatic heterocycles. The minimum absolute atomic E-state index is 0.715. The van der Waals surface area contributed by atoms with Crippen LogP contribution in [0.2, 0.25) is 0 Å². The molecule has 0 radical (unpaired) electrons. The monoisotopic (exact) mass is 245 g/mol. The molecule has 1 aliphatic carbocycles. The van der Waals surface area contributed by atoms with Crippen molar-refractivity contribution < 1.29 is 4.74 Å². The standard InChI is InChI=1S/C16H23NO/c1-3-13(12-17-15-9-10-15)11-14-7-5-6-8-16(14)18-4-2/h5-8,11,15,17H,3-4,9-10,12H2,1-2H3. The summed E-state index contributed by atoms with van der Waals surface area (Å²) in [5, 5.41) is 3.57. The van der Waals surface area contributed by atoms with Crippen LogP contribution in [0, 0.1) is 0 Å². The van der Waals surface area contributed by atoms with Crippen LogP contribution in [-0.2, 0) is 0 Å². The van der Waals surface area contributed by atoms with Crippen LogP contribution in [0.3, 0.4) is 0 Å². The average molecular weight is 245 g/mol. The number of para-hydroxylation sites is 1. The van der Waals surface area contributed by atoms with E-state index in [0.717, 1.165) is 24.8 Å². The molecule has 0 bridgehead atoms. The summed E-state index contributed by atoms with van der Waals surface area (Å²) in [6.45, 7) is 5.95. The fourth-order valence-electron chi connectivity index (χ4n) is 1.95. The molecule has 0 heterocycles. The van der Waals surface area contributed by atoms with E-state index in [1.165, 1.54) is 24.0 Å². The predicted molar refractivity (Wildman–Crippen MR) is 76.9 cm³/mol. The molecule has 1 fully saturated rings. The molecule has 18 heavy (non-hydrogen) atoms. The Bertz CT molecular complexity index is 407. The molecule has 1 aromatic rings. The lowest BCUT2D eigenvalue weighted by atomic mass is 10.1. The van der Waals surface area contributed by atoms with Gasteiger partial charge in [0.1, 0.15) is 5.75 Å². The lowest BCUT2D eigenvalue weighted by Gasteiger charge is -2.10. The summed E-state index contributed by atoms with van der Waals surface area (Å²) >= 11 is 0. The van der Waals surface area contributed by atoms with Crippen molar-refractivity contribution >= 4 is 6.08 Å². The van der Waals surface area contributed by atoms with Crippen molar-refractivity contribution in [2.24, 2.45) is 0 Å². The SMILES string of the molecule is CCOc1ccccc1C=C(CC)CNC1CC1. The van der Waals surface area contributed by atoms with Gasteiger partial charge in [0, 0.05) is 18.2 Å². The fraction of sp³-hybridized carbons (Fsp3) is 0.500. The van der Waals surface area contributed by atoms with Crippen molar-refractivity contribution in [3.63, 3.8) is 0 Å². The van der Waals surface area contributed by atoms with E-state index in [2.05, 4.69) is 30.4 Å². The zero-order valence-electron chi connectivity index (χ0n) is 11.4. The molecule has 2 heteroatoms. The molecule has 1 aromatic carbocycles. The van der Waals surface area contributed by atoms with Gasteiger partial charge in [-0.3, -0.25) is 0 Å². The van der Waals surface area contributed by atoms with Crippen LogP contribution in [-0.4, -0.2) is 19.2 Å². The molecular formula is C16H23NO. The highest BCUT2D eigenvalue weighted by Gasteiger charge is 2.20. The average Bonchev–Trinajstić information content (AvgIpc) is 3.21. The van der Waals surface area contributed by atoms with Crippen LogP contribution in [0.25, 0.3) is 6.08 Å². The Hall–Kier alpha value is -1.28. The Morgan fingerprint density at radius 2 is 2.11 bits per heavy atom. The maximum atomic E-state index is 5.66. The largest absolute Gasteiger partial charge is 0.493 e. The first-order valence-corrected chi connectivity index (χ1v) is 6.98. The Morgan fingerprint density at radius 1 is 1.33 bits per heavy atom. The van der Waals surface area contributed by atoms with E-state index >= 15 is 0 Å². The van der Waals surface area contributed by atoms with Gasteiger partial charge in [0.25, 0.3) is 0 Å². The summed E-state index contributed by atoms with van der Waals surface area (Å²) in [6, 6.07) is 9.02. The first-order valence-electron chi connectivity index (χ1n) is 6.98. The minimum Gasteiger partial charge on any atom is -0.493 e. The van der Waals surface area contributed by atoms with E-state index in [4.69, 9.17) is 4.74 Å². The number of ether oxygens (including phenoxy) is 1.